The Morgan fingerprint density at radius 3 is 2.35 bits per heavy atom. The molecule has 1 fully saturated rings. The van der Waals surface area contributed by atoms with Crippen molar-refractivity contribution in [1.82, 2.24) is 25.0 Å². The van der Waals surface area contributed by atoms with Gasteiger partial charge in [-0.3, -0.25) is 9.59 Å². The van der Waals surface area contributed by atoms with Crippen LogP contribution in [0.5, 0.6) is 0 Å². The Bertz CT molecular complexity index is 1120. The number of piperazine rings is 1. The van der Waals surface area contributed by atoms with Crippen molar-refractivity contribution in [3.63, 3.8) is 0 Å². The zero-order valence-electron chi connectivity index (χ0n) is 19.8. The summed E-state index contributed by atoms with van der Waals surface area (Å²) in [6.45, 7) is 6.93. The van der Waals surface area contributed by atoms with Crippen LogP contribution in [0.3, 0.4) is 0 Å². The van der Waals surface area contributed by atoms with Crippen molar-refractivity contribution in [2.75, 3.05) is 36.8 Å². The van der Waals surface area contributed by atoms with E-state index < -0.39 is 0 Å². The second-order valence-corrected chi connectivity index (χ2v) is 9.40. The molecule has 0 bridgehead atoms. The molecule has 3 aromatic rings. The molecule has 34 heavy (non-hydrogen) atoms. The first-order valence-electron chi connectivity index (χ1n) is 11.4. The summed E-state index contributed by atoms with van der Waals surface area (Å²) in [5.74, 6) is 0.894. The first-order chi connectivity index (χ1) is 16.4. The number of carbonyl (C=O) groups excluding carboxylic acids is 2. The van der Waals surface area contributed by atoms with Gasteiger partial charge in [0.1, 0.15) is 0 Å². The Hall–Kier alpha value is -3.33. The fourth-order valence-corrected chi connectivity index (χ4v) is 4.77. The topological polar surface area (TPSA) is 83.4 Å². The molecule has 8 nitrogen and oxygen atoms in total. The largest absolute Gasteiger partial charge is 0.368 e. The quantitative estimate of drug-likeness (QED) is 0.526. The molecule has 2 amide bonds. The predicted octanol–water partition coefficient (Wildman–Crippen LogP) is 3.06. The number of anilines is 1. The Kier molecular flexibility index (Phi) is 7.52. The number of para-hydroxylation sites is 1. The Morgan fingerprint density at radius 2 is 1.68 bits per heavy atom. The number of rotatable bonds is 7. The van der Waals surface area contributed by atoms with Gasteiger partial charge in [0.2, 0.25) is 5.91 Å². The van der Waals surface area contributed by atoms with E-state index in [4.69, 9.17) is 0 Å². The van der Waals surface area contributed by atoms with Crippen LogP contribution in [-0.4, -0.2) is 63.4 Å². The summed E-state index contributed by atoms with van der Waals surface area (Å²) in [5, 5.41) is 12.1. The van der Waals surface area contributed by atoms with Gasteiger partial charge in [0, 0.05) is 44.5 Å². The van der Waals surface area contributed by atoms with Gasteiger partial charge >= 0.3 is 0 Å². The van der Waals surface area contributed by atoms with Crippen LogP contribution in [0.4, 0.5) is 5.69 Å². The van der Waals surface area contributed by atoms with Gasteiger partial charge in [-0.2, -0.15) is 0 Å². The lowest BCUT2D eigenvalue weighted by Crippen LogP contribution is -2.49. The molecule has 4 rings (SSSR count). The van der Waals surface area contributed by atoms with Gasteiger partial charge in [0.15, 0.2) is 11.0 Å². The Morgan fingerprint density at radius 1 is 1.00 bits per heavy atom. The average Bonchev–Trinajstić information content (AvgIpc) is 3.23. The molecular weight excluding hydrogens is 448 g/mol. The van der Waals surface area contributed by atoms with E-state index in [2.05, 4.69) is 32.5 Å². The van der Waals surface area contributed by atoms with E-state index in [1.165, 1.54) is 17.4 Å². The van der Waals surface area contributed by atoms with E-state index in [0.29, 0.717) is 35.4 Å². The van der Waals surface area contributed by atoms with Crippen molar-refractivity contribution in [3.8, 4) is 0 Å². The highest BCUT2D eigenvalue weighted by molar-refractivity contribution is 7.99. The second kappa shape index (κ2) is 10.7. The van der Waals surface area contributed by atoms with E-state index in [1.807, 2.05) is 60.7 Å². The Balaban J connectivity index is 1.28. The molecule has 0 aliphatic carbocycles. The van der Waals surface area contributed by atoms with Crippen molar-refractivity contribution in [2.45, 2.75) is 25.0 Å². The van der Waals surface area contributed by atoms with Crippen molar-refractivity contribution < 1.29 is 9.59 Å². The molecule has 0 spiro atoms. The van der Waals surface area contributed by atoms with Gasteiger partial charge < -0.3 is 19.7 Å². The van der Waals surface area contributed by atoms with Crippen LogP contribution < -0.4 is 10.2 Å². The number of amides is 2. The van der Waals surface area contributed by atoms with Crippen molar-refractivity contribution in [3.05, 3.63) is 71.5 Å². The maximum atomic E-state index is 12.8. The molecule has 2 heterocycles. The molecule has 178 valence electrons. The average molecular weight is 479 g/mol. The lowest BCUT2D eigenvalue weighted by atomic mass is 10.1. The maximum absolute atomic E-state index is 12.8. The van der Waals surface area contributed by atoms with Gasteiger partial charge in [-0.15, -0.1) is 10.2 Å². The third-order valence-electron chi connectivity index (χ3n) is 6.00. The third-order valence-corrected chi connectivity index (χ3v) is 7.00. The fraction of sp³-hybridized carbons (Fsp3) is 0.360. The SMILES string of the molecule is Cc1ccc(C(=O)NC(C)c2nnc(SCC(=O)N3CCN(c4ccccc4)CC3)n2C)cc1. The predicted molar refractivity (Wildman–Crippen MR) is 134 cm³/mol. The molecule has 1 aliphatic rings. The Labute approximate surface area is 204 Å². The lowest BCUT2D eigenvalue weighted by Gasteiger charge is -2.36. The van der Waals surface area contributed by atoms with Gasteiger partial charge in [-0.25, -0.2) is 0 Å². The van der Waals surface area contributed by atoms with Crippen molar-refractivity contribution in [2.24, 2.45) is 7.05 Å². The van der Waals surface area contributed by atoms with E-state index in [-0.39, 0.29) is 17.9 Å². The summed E-state index contributed by atoms with van der Waals surface area (Å²) in [5.41, 5.74) is 2.90. The zero-order valence-corrected chi connectivity index (χ0v) is 20.6. The van der Waals surface area contributed by atoms with Crippen LogP contribution in [-0.2, 0) is 11.8 Å². The molecule has 0 saturated carbocycles. The minimum absolute atomic E-state index is 0.1000. The van der Waals surface area contributed by atoms with Crippen LogP contribution in [0.25, 0.3) is 0 Å². The molecular formula is C25H30N6O2S. The fourth-order valence-electron chi connectivity index (χ4n) is 3.95. The van der Waals surface area contributed by atoms with Crippen molar-refractivity contribution in [1.29, 1.82) is 0 Å². The van der Waals surface area contributed by atoms with Gasteiger partial charge in [-0.1, -0.05) is 47.7 Å². The minimum atomic E-state index is -0.317. The monoisotopic (exact) mass is 478 g/mol. The first-order valence-corrected chi connectivity index (χ1v) is 12.4. The van der Waals surface area contributed by atoms with E-state index in [1.54, 1.807) is 12.1 Å². The van der Waals surface area contributed by atoms with Crippen LogP contribution in [0.1, 0.15) is 34.7 Å². The number of nitrogens with one attached hydrogen (secondary N) is 1. The second-order valence-electron chi connectivity index (χ2n) is 8.45. The standard InChI is InChI=1S/C25H30N6O2S/c1-18-9-11-20(12-10-18)24(33)26-19(2)23-27-28-25(29(23)3)34-17-22(32)31-15-13-30(14-16-31)21-7-5-4-6-8-21/h4-12,19H,13-17H2,1-3H3,(H,26,33). The maximum Gasteiger partial charge on any atom is 0.251 e. The van der Waals surface area contributed by atoms with E-state index >= 15 is 0 Å². The highest BCUT2D eigenvalue weighted by Crippen LogP contribution is 2.21. The normalized spacial score (nSPS) is 14.7. The molecule has 1 unspecified atom stereocenters. The lowest BCUT2D eigenvalue weighted by molar-refractivity contribution is -0.128. The summed E-state index contributed by atoms with van der Waals surface area (Å²) in [4.78, 5) is 29.5. The molecule has 1 aliphatic heterocycles. The number of aryl methyl sites for hydroxylation is 1. The highest BCUT2D eigenvalue weighted by Gasteiger charge is 2.23. The summed E-state index contributed by atoms with van der Waals surface area (Å²) >= 11 is 1.37. The van der Waals surface area contributed by atoms with Crippen LogP contribution in [0.15, 0.2) is 59.8 Å². The van der Waals surface area contributed by atoms with Crippen LogP contribution in [0, 0.1) is 6.92 Å². The highest BCUT2D eigenvalue weighted by atomic mass is 32.2. The third kappa shape index (κ3) is 5.59. The number of aromatic nitrogens is 3. The number of hydrogen-bond acceptors (Lipinski definition) is 6. The summed E-state index contributed by atoms with van der Waals surface area (Å²) in [6, 6.07) is 17.4. The molecule has 1 atom stereocenters. The van der Waals surface area contributed by atoms with E-state index in [9.17, 15) is 9.59 Å². The molecule has 2 aromatic carbocycles. The molecule has 1 saturated heterocycles. The summed E-state index contributed by atoms with van der Waals surface area (Å²) in [6.07, 6.45) is 0. The van der Waals surface area contributed by atoms with E-state index in [0.717, 1.165) is 18.7 Å². The molecule has 9 heteroatoms. The van der Waals surface area contributed by atoms with Gasteiger partial charge in [-0.05, 0) is 38.1 Å². The number of thioether (sulfide) groups is 1. The number of benzene rings is 2. The minimum Gasteiger partial charge on any atom is -0.368 e. The number of nitrogens with zero attached hydrogens (tertiary/aromatic N) is 5. The molecule has 0 radical (unpaired) electrons. The van der Waals surface area contributed by atoms with Crippen molar-refractivity contribution >= 4 is 29.3 Å². The summed E-state index contributed by atoms with van der Waals surface area (Å²) < 4.78 is 1.84. The molecule has 1 N–H and O–H groups in total. The first kappa shape index (κ1) is 23.8. The zero-order chi connectivity index (χ0) is 24.1. The molecule has 1 aromatic heterocycles. The van der Waals surface area contributed by atoms with Crippen LogP contribution in [0.2, 0.25) is 0 Å². The van der Waals surface area contributed by atoms with Gasteiger partial charge in [0.25, 0.3) is 5.91 Å². The van der Waals surface area contributed by atoms with Gasteiger partial charge in [0.05, 0.1) is 11.8 Å². The van der Waals surface area contributed by atoms with Crippen LogP contribution >= 0.6 is 11.8 Å². The smallest absolute Gasteiger partial charge is 0.251 e. The number of carbonyl (C=O) groups is 2. The number of hydrogen-bond donors (Lipinski definition) is 1. The summed E-state index contributed by atoms with van der Waals surface area (Å²) in [7, 11) is 1.86.